The fraction of sp³-hybridized carbons (Fsp3) is 0.192. The molecule has 0 aliphatic rings. The summed E-state index contributed by atoms with van der Waals surface area (Å²) in [5.41, 5.74) is -1.69. The van der Waals surface area contributed by atoms with Crippen LogP contribution >= 0.6 is 0 Å². The molecule has 0 spiro atoms. The molecule has 0 saturated carbocycles. The predicted molar refractivity (Wildman–Crippen MR) is 117 cm³/mol. The van der Waals surface area contributed by atoms with Crippen LogP contribution in [0.5, 0.6) is 0 Å². The molecule has 2 atom stereocenters. The Hall–Kier alpha value is -3.21. The first kappa shape index (κ1) is 21.5. The largest absolute Gasteiger partial charge is 0.451 e. The molecule has 3 aromatic rings. The van der Waals surface area contributed by atoms with Crippen LogP contribution in [0.25, 0.3) is 0 Å². The van der Waals surface area contributed by atoms with E-state index in [-0.39, 0.29) is 6.42 Å². The Morgan fingerprint density at radius 1 is 0.900 bits per heavy atom. The third-order valence-electron chi connectivity index (χ3n) is 5.12. The van der Waals surface area contributed by atoms with Gasteiger partial charge in [-0.05, 0) is 23.6 Å². The molecule has 30 heavy (non-hydrogen) atoms. The van der Waals surface area contributed by atoms with Gasteiger partial charge in [0.25, 0.3) is 0 Å². The van der Waals surface area contributed by atoms with Gasteiger partial charge in [0.2, 0.25) is 0 Å². The van der Waals surface area contributed by atoms with Crippen LogP contribution in [-0.2, 0) is 15.1 Å². The third-order valence-corrected chi connectivity index (χ3v) is 5.12. The Labute approximate surface area is 177 Å². The number of carbonyl (C=O) groups excluding carboxylic acids is 1. The molecule has 0 aromatic heterocycles. The molecule has 0 fully saturated rings. The van der Waals surface area contributed by atoms with Gasteiger partial charge in [-0.3, -0.25) is 0 Å². The van der Waals surface area contributed by atoms with E-state index in [9.17, 15) is 15.0 Å². The third kappa shape index (κ3) is 4.35. The van der Waals surface area contributed by atoms with E-state index in [4.69, 9.17) is 4.74 Å². The summed E-state index contributed by atoms with van der Waals surface area (Å²) in [6.45, 7) is 4.97. The summed E-state index contributed by atoms with van der Waals surface area (Å²) >= 11 is 0. The summed E-state index contributed by atoms with van der Waals surface area (Å²) in [5, 5.41) is 22.7. The van der Waals surface area contributed by atoms with Crippen molar-refractivity contribution in [2.24, 2.45) is 0 Å². The van der Waals surface area contributed by atoms with Crippen LogP contribution in [0.2, 0.25) is 0 Å². The number of benzene rings is 3. The highest BCUT2D eigenvalue weighted by molar-refractivity contribution is 5.79. The molecule has 0 aliphatic carbocycles. The van der Waals surface area contributed by atoms with Crippen molar-refractivity contribution in [3.8, 4) is 0 Å². The zero-order valence-corrected chi connectivity index (χ0v) is 16.9. The van der Waals surface area contributed by atoms with Gasteiger partial charge in [0.15, 0.2) is 17.3 Å². The van der Waals surface area contributed by atoms with Crippen molar-refractivity contribution in [1.82, 2.24) is 0 Å². The lowest BCUT2D eigenvalue weighted by atomic mass is 9.78. The number of rotatable bonds is 8. The monoisotopic (exact) mass is 402 g/mol. The second-order valence-corrected chi connectivity index (χ2v) is 7.46. The van der Waals surface area contributed by atoms with Crippen molar-refractivity contribution in [3.05, 3.63) is 120 Å². The molecule has 4 heteroatoms. The first-order valence-electron chi connectivity index (χ1n) is 9.82. The molecule has 0 aliphatic heterocycles. The SMILES string of the molecule is C=CCC(C)(O)C(=O)O[C@@H](c1ccccc1)C(O)(c1ccccc1)c1ccccc1. The van der Waals surface area contributed by atoms with Crippen LogP contribution in [0.1, 0.15) is 36.1 Å². The average Bonchev–Trinajstić information content (AvgIpc) is 2.78. The predicted octanol–water partition coefficient (Wildman–Crippen LogP) is 4.53. The average molecular weight is 402 g/mol. The van der Waals surface area contributed by atoms with Gasteiger partial charge in [0.1, 0.15) is 0 Å². The molecule has 0 saturated heterocycles. The van der Waals surface area contributed by atoms with Crippen molar-refractivity contribution in [3.63, 3.8) is 0 Å². The van der Waals surface area contributed by atoms with Crippen LogP contribution in [0.4, 0.5) is 0 Å². The quantitative estimate of drug-likeness (QED) is 0.429. The lowest BCUT2D eigenvalue weighted by Gasteiger charge is -2.38. The Bertz CT molecular complexity index is 926. The molecule has 3 aromatic carbocycles. The zero-order valence-electron chi connectivity index (χ0n) is 16.9. The number of ether oxygens (including phenoxy) is 1. The van der Waals surface area contributed by atoms with Crippen LogP contribution in [0.3, 0.4) is 0 Å². The highest BCUT2D eigenvalue weighted by Gasteiger charge is 2.46. The van der Waals surface area contributed by atoms with E-state index in [2.05, 4.69) is 6.58 Å². The van der Waals surface area contributed by atoms with E-state index < -0.39 is 23.3 Å². The fourth-order valence-corrected chi connectivity index (χ4v) is 3.47. The highest BCUT2D eigenvalue weighted by atomic mass is 16.6. The first-order chi connectivity index (χ1) is 14.4. The lowest BCUT2D eigenvalue weighted by molar-refractivity contribution is -0.182. The van der Waals surface area contributed by atoms with E-state index in [1.165, 1.54) is 13.0 Å². The number of carbonyl (C=O) groups is 1. The van der Waals surface area contributed by atoms with Gasteiger partial charge in [0, 0.05) is 6.42 Å². The Morgan fingerprint density at radius 3 is 1.77 bits per heavy atom. The standard InChI is InChI=1S/C26H26O4/c1-3-19-25(2,28)24(27)30-23(20-13-7-4-8-14-20)26(29,21-15-9-5-10-16-21)22-17-11-6-12-18-22/h3-18,23,28-29H,1,19H2,2H3/t23-,25?/m0/s1. The smallest absolute Gasteiger partial charge is 0.338 e. The van der Waals surface area contributed by atoms with Gasteiger partial charge in [-0.2, -0.15) is 0 Å². The normalized spacial score (nSPS) is 14.4. The minimum atomic E-state index is -1.76. The van der Waals surface area contributed by atoms with E-state index in [0.717, 1.165) is 0 Å². The summed E-state index contributed by atoms with van der Waals surface area (Å²) in [6.07, 6.45) is 0.397. The van der Waals surface area contributed by atoms with Gasteiger partial charge in [-0.25, -0.2) is 4.79 Å². The summed E-state index contributed by atoms with van der Waals surface area (Å²) in [4.78, 5) is 12.9. The summed E-state index contributed by atoms with van der Waals surface area (Å²) in [5.74, 6) is -0.832. The van der Waals surface area contributed by atoms with Crippen LogP contribution in [-0.4, -0.2) is 21.8 Å². The van der Waals surface area contributed by atoms with Crippen molar-refractivity contribution in [2.45, 2.75) is 30.7 Å². The molecular formula is C26H26O4. The number of hydrogen-bond acceptors (Lipinski definition) is 4. The Morgan fingerprint density at radius 2 is 1.33 bits per heavy atom. The topological polar surface area (TPSA) is 66.8 Å². The molecule has 1 unspecified atom stereocenters. The maximum absolute atomic E-state index is 12.9. The van der Waals surface area contributed by atoms with Crippen molar-refractivity contribution < 1.29 is 19.7 Å². The molecule has 4 nitrogen and oxygen atoms in total. The molecule has 0 heterocycles. The molecule has 2 N–H and O–H groups in total. The molecular weight excluding hydrogens is 376 g/mol. The zero-order chi connectivity index (χ0) is 21.6. The molecule has 3 rings (SSSR count). The molecule has 0 bridgehead atoms. The van der Waals surface area contributed by atoms with Crippen LogP contribution < -0.4 is 0 Å². The summed E-state index contributed by atoms with van der Waals surface area (Å²) in [6, 6.07) is 27.2. The van der Waals surface area contributed by atoms with Crippen LogP contribution in [0, 0.1) is 0 Å². The van der Waals surface area contributed by atoms with E-state index in [1.54, 1.807) is 36.4 Å². The van der Waals surface area contributed by atoms with Gasteiger partial charge in [0.05, 0.1) is 0 Å². The lowest BCUT2D eigenvalue weighted by Crippen LogP contribution is -2.43. The van der Waals surface area contributed by atoms with E-state index >= 15 is 0 Å². The minimum Gasteiger partial charge on any atom is -0.451 e. The van der Waals surface area contributed by atoms with Crippen molar-refractivity contribution >= 4 is 5.97 Å². The van der Waals surface area contributed by atoms with E-state index in [0.29, 0.717) is 16.7 Å². The van der Waals surface area contributed by atoms with Gasteiger partial charge < -0.3 is 14.9 Å². The highest BCUT2D eigenvalue weighted by Crippen LogP contribution is 2.44. The molecule has 0 amide bonds. The number of hydrogen-bond donors (Lipinski definition) is 2. The van der Waals surface area contributed by atoms with Gasteiger partial charge in [-0.15, -0.1) is 6.58 Å². The van der Waals surface area contributed by atoms with E-state index in [1.807, 2.05) is 54.6 Å². The number of esters is 1. The summed E-state index contributed by atoms with van der Waals surface area (Å²) in [7, 11) is 0. The van der Waals surface area contributed by atoms with Crippen molar-refractivity contribution in [1.29, 1.82) is 0 Å². The maximum atomic E-state index is 12.9. The minimum absolute atomic E-state index is 0.0302. The Kier molecular flexibility index (Phi) is 6.50. The summed E-state index contributed by atoms with van der Waals surface area (Å²) < 4.78 is 5.84. The van der Waals surface area contributed by atoms with Crippen molar-refractivity contribution in [2.75, 3.05) is 0 Å². The Balaban J connectivity index is 2.18. The molecule has 0 radical (unpaired) electrons. The first-order valence-corrected chi connectivity index (χ1v) is 9.82. The maximum Gasteiger partial charge on any atom is 0.338 e. The second kappa shape index (κ2) is 9.08. The fourth-order valence-electron chi connectivity index (χ4n) is 3.47. The van der Waals surface area contributed by atoms with Gasteiger partial charge in [-0.1, -0.05) is 97.1 Å². The van der Waals surface area contributed by atoms with Crippen LogP contribution in [0.15, 0.2) is 104 Å². The second-order valence-electron chi connectivity index (χ2n) is 7.46. The number of aliphatic hydroxyl groups is 2. The van der Waals surface area contributed by atoms with Gasteiger partial charge >= 0.3 is 5.97 Å². The molecule has 154 valence electrons.